The smallest absolute Gasteiger partial charge is 0.258 e. The van der Waals surface area contributed by atoms with Crippen LogP contribution in [0.15, 0.2) is 48.5 Å². The van der Waals surface area contributed by atoms with Crippen LogP contribution >= 0.6 is 0 Å². The van der Waals surface area contributed by atoms with Crippen molar-refractivity contribution in [1.82, 2.24) is 0 Å². The van der Waals surface area contributed by atoms with Gasteiger partial charge < -0.3 is 0 Å². The molecule has 0 saturated heterocycles. The fourth-order valence-corrected chi connectivity index (χ4v) is 2.50. The third-order valence-corrected chi connectivity index (χ3v) is 3.34. The highest BCUT2D eigenvalue weighted by Gasteiger charge is 2.34. The van der Waals surface area contributed by atoms with E-state index < -0.39 is 0 Å². The second-order valence-electron chi connectivity index (χ2n) is 4.27. The van der Waals surface area contributed by atoms with Crippen LogP contribution in [-0.2, 0) is 6.42 Å². The summed E-state index contributed by atoms with van der Waals surface area (Å²) in [6, 6.07) is 15.3. The molecule has 3 rings (SSSR count). The van der Waals surface area contributed by atoms with Crippen LogP contribution in [0.2, 0.25) is 0 Å². The minimum Gasteiger partial charge on any atom is -0.258 e. The van der Waals surface area contributed by atoms with Crippen LogP contribution in [0.3, 0.4) is 0 Å². The van der Waals surface area contributed by atoms with Gasteiger partial charge in [0.15, 0.2) is 0 Å². The SMILES string of the molecule is O=[N+]([O-])c1cccc2c1C(c1ccccc1)C2. The van der Waals surface area contributed by atoms with Crippen molar-refractivity contribution in [1.29, 1.82) is 0 Å². The topological polar surface area (TPSA) is 43.1 Å². The second kappa shape index (κ2) is 3.70. The number of hydrogen-bond donors (Lipinski definition) is 0. The van der Waals surface area contributed by atoms with E-state index >= 15 is 0 Å². The Kier molecular flexibility index (Phi) is 2.18. The van der Waals surface area contributed by atoms with E-state index in [9.17, 15) is 10.1 Å². The standard InChI is InChI=1S/C14H11NO2/c16-15(17)13-8-4-7-11-9-12(14(11)13)10-5-2-1-3-6-10/h1-8,12H,9H2. The summed E-state index contributed by atoms with van der Waals surface area (Å²) >= 11 is 0. The van der Waals surface area contributed by atoms with E-state index in [4.69, 9.17) is 0 Å². The fraction of sp³-hybridized carbons (Fsp3) is 0.143. The normalized spacial score (nSPS) is 17.1. The van der Waals surface area contributed by atoms with Crippen molar-refractivity contribution in [3.8, 4) is 0 Å². The van der Waals surface area contributed by atoms with Crippen molar-refractivity contribution < 1.29 is 4.92 Å². The number of rotatable bonds is 2. The van der Waals surface area contributed by atoms with E-state index in [0.717, 1.165) is 23.1 Å². The predicted octanol–water partition coefficient (Wildman–Crippen LogP) is 3.28. The Hall–Kier alpha value is -2.16. The fourth-order valence-electron chi connectivity index (χ4n) is 2.50. The minimum absolute atomic E-state index is 0.188. The van der Waals surface area contributed by atoms with E-state index in [1.807, 2.05) is 36.4 Å². The summed E-state index contributed by atoms with van der Waals surface area (Å²) in [5, 5.41) is 11.0. The Morgan fingerprint density at radius 3 is 2.53 bits per heavy atom. The van der Waals surface area contributed by atoms with Crippen molar-refractivity contribution in [2.45, 2.75) is 12.3 Å². The van der Waals surface area contributed by atoms with Gasteiger partial charge in [0.25, 0.3) is 5.69 Å². The molecule has 1 unspecified atom stereocenters. The number of nitrogens with zero attached hydrogens (tertiary/aromatic N) is 1. The first-order valence-electron chi connectivity index (χ1n) is 5.58. The van der Waals surface area contributed by atoms with Crippen molar-refractivity contribution in [3.63, 3.8) is 0 Å². The molecule has 3 heteroatoms. The maximum Gasteiger partial charge on any atom is 0.273 e. The Balaban J connectivity index is 2.08. The molecule has 17 heavy (non-hydrogen) atoms. The van der Waals surface area contributed by atoms with E-state index in [1.54, 1.807) is 12.1 Å². The average molecular weight is 225 g/mol. The first kappa shape index (κ1) is 10.0. The zero-order valence-corrected chi connectivity index (χ0v) is 9.17. The van der Waals surface area contributed by atoms with Crippen LogP contribution in [0, 0.1) is 10.1 Å². The quantitative estimate of drug-likeness (QED) is 0.581. The van der Waals surface area contributed by atoms with Crippen LogP contribution in [-0.4, -0.2) is 4.92 Å². The van der Waals surface area contributed by atoms with Gasteiger partial charge in [0, 0.05) is 17.5 Å². The number of nitro groups is 1. The molecule has 0 fully saturated rings. The summed E-state index contributed by atoms with van der Waals surface area (Å²) in [6.45, 7) is 0. The van der Waals surface area contributed by atoms with E-state index in [0.29, 0.717) is 0 Å². The average Bonchev–Trinajstić information content (AvgIpc) is 2.31. The van der Waals surface area contributed by atoms with Gasteiger partial charge in [0.1, 0.15) is 0 Å². The van der Waals surface area contributed by atoms with Gasteiger partial charge in [-0.25, -0.2) is 0 Å². The molecule has 0 amide bonds. The summed E-state index contributed by atoms with van der Waals surface area (Å²) in [5.74, 6) is 0.188. The van der Waals surface area contributed by atoms with Gasteiger partial charge >= 0.3 is 0 Å². The minimum atomic E-state index is -0.284. The Bertz CT molecular complexity index is 578. The Labute approximate surface area is 98.9 Å². The molecule has 0 bridgehead atoms. The lowest BCUT2D eigenvalue weighted by molar-refractivity contribution is -0.386. The first-order chi connectivity index (χ1) is 8.27. The van der Waals surface area contributed by atoms with Crippen LogP contribution in [0.5, 0.6) is 0 Å². The zero-order valence-electron chi connectivity index (χ0n) is 9.17. The number of fused-ring (bicyclic) bond motifs is 1. The summed E-state index contributed by atoms with van der Waals surface area (Å²) < 4.78 is 0. The molecule has 1 atom stereocenters. The van der Waals surface area contributed by atoms with E-state index in [2.05, 4.69) is 0 Å². The van der Waals surface area contributed by atoms with Crippen LogP contribution < -0.4 is 0 Å². The van der Waals surface area contributed by atoms with Crippen LogP contribution in [0.1, 0.15) is 22.6 Å². The molecule has 0 spiro atoms. The van der Waals surface area contributed by atoms with Crippen LogP contribution in [0.25, 0.3) is 0 Å². The lowest BCUT2D eigenvalue weighted by Crippen LogP contribution is -2.20. The Morgan fingerprint density at radius 2 is 1.82 bits per heavy atom. The highest BCUT2D eigenvalue weighted by atomic mass is 16.6. The summed E-state index contributed by atoms with van der Waals surface area (Å²) in [5.41, 5.74) is 3.41. The molecule has 0 aliphatic heterocycles. The third kappa shape index (κ3) is 1.51. The third-order valence-electron chi connectivity index (χ3n) is 3.34. The summed E-state index contributed by atoms with van der Waals surface area (Å²) in [4.78, 5) is 10.7. The van der Waals surface area contributed by atoms with Crippen LogP contribution in [0.4, 0.5) is 5.69 Å². The monoisotopic (exact) mass is 225 g/mol. The molecule has 1 aliphatic carbocycles. The van der Waals surface area contributed by atoms with E-state index in [1.165, 1.54) is 0 Å². The summed E-state index contributed by atoms with van der Waals surface area (Å²) in [7, 11) is 0. The predicted molar refractivity (Wildman–Crippen MR) is 65.1 cm³/mol. The number of hydrogen-bond acceptors (Lipinski definition) is 2. The molecule has 0 aromatic heterocycles. The highest BCUT2D eigenvalue weighted by Crippen LogP contribution is 2.44. The number of nitro benzene ring substituents is 1. The summed E-state index contributed by atoms with van der Waals surface area (Å²) in [6.07, 6.45) is 0.904. The van der Waals surface area contributed by atoms with Crippen molar-refractivity contribution >= 4 is 5.69 Å². The molecule has 0 saturated carbocycles. The van der Waals surface area contributed by atoms with Gasteiger partial charge in [-0.2, -0.15) is 0 Å². The molecule has 84 valence electrons. The van der Waals surface area contributed by atoms with Gasteiger partial charge in [0.05, 0.1) is 4.92 Å². The molecular weight excluding hydrogens is 214 g/mol. The molecular formula is C14H11NO2. The van der Waals surface area contributed by atoms with Gasteiger partial charge in [0.2, 0.25) is 0 Å². The molecule has 2 aromatic rings. The number of benzene rings is 2. The van der Waals surface area contributed by atoms with E-state index in [-0.39, 0.29) is 16.5 Å². The lowest BCUT2D eigenvalue weighted by atomic mass is 9.73. The zero-order chi connectivity index (χ0) is 11.8. The van der Waals surface area contributed by atoms with Gasteiger partial charge in [-0.1, -0.05) is 42.5 Å². The van der Waals surface area contributed by atoms with Crippen molar-refractivity contribution in [3.05, 3.63) is 75.3 Å². The molecule has 1 aliphatic rings. The molecule has 0 heterocycles. The van der Waals surface area contributed by atoms with Gasteiger partial charge in [-0.3, -0.25) is 10.1 Å². The first-order valence-corrected chi connectivity index (χ1v) is 5.58. The maximum absolute atomic E-state index is 11.0. The van der Waals surface area contributed by atoms with Gasteiger partial charge in [-0.15, -0.1) is 0 Å². The van der Waals surface area contributed by atoms with Crippen molar-refractivity contribution in [2.24, 2.45) is 0 Å². The van der Waals surface area contributed by atoms with Crippen molar-refractivity contribution in [2.75, 3.05) is 0 Å². The molecule has 0 N–H and O–H groups in total. The highest BCUT2D eigenvalue weighted by molar-refractivity contribution is 5.58. The molecule has 2 aromatic carbocycles. The molecule has 0 radical (unpaired) electrons. The maximum atomic E-state index is 11.0. The molecule has 3 nitrogen and oxygen atoms in total. The Morgan fingerprint density at radius 1 is 1.06 bits per heavy atom. The lowest BCUT2D eigenvalue weighted by Gasteiger charge is -2.29. The largest absolute Gasteiger partial charge is 0.273 e. The van der Waals surface area contributed by atoms with Gasteiger partial charge in [-0.05, 0) is 17.5 Å². The second-order valence-corrected chi connectivity index (χ2v) is 4.27.